The van der Waals surface area contributed by atoms with Gasteiger partial charge in [-0.15, -0.1) is 0 Å². The maximum Gasteiger partial charge on any atom is 0.0170 e. The predicted octanol–water partition coefficient (Wildman–Crippen LogP) is 7.80. The standard InChI is InChI=1S/C28H61N3/c1-6-7-8-9-10-11-12-13-14-15-16-17-18-19-20-21-26-31(27(2,3)22-24-29)28(4,5)23-25-30/h6-26,29-30H2,1-5H3. The second-order valence-corrected chi connectivity index (χ2v) is 11.2. The second kappa shape index (κ2) is 19.4. The van der Waals surface area contributed by atoms with Crippen LogP contribution in [0.15, 0.2) is 0 Å². The van der Waals surface area contributed by atoms with E-state index in [4.69, 9.17) is 11.5 Å². The fraction of sp³-hybridized carbons (Fsp3) is 1.00. The van der Waals surface area contributed by atoms with E-state index in [1.54, 1.807) is 0 Å². The monoisotopic (exact) mass is 439 g/mol. The molecule has 3 nitrogen and oxygen atoms in total. The summed E-state index contributed by atoms with van der Waals surface area (Å²) in [5.74, 6) is 0. The Balaban J connectivity index is 3.78. The van der Waals surface area contributed by atoms with Crippen LogP contribution in [0.3, 0.4) is 0 Å². The smallest absolute Gasteiger partial charge is 0.0170 e. The van der Waals surface area contributed by atoms with E-state index < -0.39 is 0 Å². The molecule has 0 aromatic heterocycles. The number of unbranched alkanes of at least 4 members (excludes halogenated alkanes) is 15. The summed E-state index contributed by atoms with van der Waals surface area (Å²) in [6.07, 6.45) is 24.8. The minimum Gasteiger partial charge on any atom is -0.330 e. The van der Waals surface area contributed by atoms with E-state index in [0.717, 1.165) is 25.9 Å². The highest BCUT2D eigenvalue weighted by molar-refractivity contribution is 4.92. The van der Waals surface area contributed by atoms with E-state index in [1.807, 2.05) is 0 Å². The fourth-order valence-electron chi connectivity index (χ4n) is 5.22. The molecule has 0 aliphatic rings. The van der Waals surface area contributed by atoms with Gasteiger partial charge in [0.05, 0.1) is 0 Å². The third-order valence-corrected chi connectivity index (χ3v) is 7.21. The van der Waals surface area contributed by atoms with Crippen LogP contribution in [0.4, 0.5) is 0 Å². The molecule has 0 aliphatic heterocycles. The number of nitrogens with two attached hydrogens (primary N) is 2. The third kappa shape index (κ3) is 16.2. The topological polar surface area (TPSA) is 55.3 Å². The van der Waals surface area contributed by atoms with Gasteiger partial charge in [0.1, 0.15) is 0 Å². The summed E-state index contributed by atoms with van der Waals surface area (Å²) in [6, 6.07) is 0. The molecule has 0 aromatic rings. The molecule has 0 amide bonds. The van der Waals surface area contributed by atoms with Crippen LogP contribution in [-0.2, 0) is 0 Å². The Morgan fingerprint density at radius 3 is 1.06 bits per heavy atom. The molecule has 3 heteroatoms. The number of hydrogen-bond acceptors (Lipinski definition) is 3. The van der Waals surface area contributed by atoms with Crippen LogP contribution in [0.25, 0.3) is 0 Å². The van der Waals surface area contributed by atoms with Crippen molar-refractivity contribution >= 4 is 0 Å². The largest absolute Gasteiger partial charge is 0.330 e. The van der Waals surface area contributed by atoms with Gasteiger partial charge in [-0.2, -0.15) is 0 Å². The zero-order valence-corrected chi connectivity index (χ0v) is 22.5. The Morgan fingerprint density at radius 1 is 0.484 bits per heavy atom. The molecule has 0 saturated heterocycles. The molecule has 0 heterocycles. The van der Waals surface area contributed by atoms with Gasteiger partial charge in [0, 0.05) is 11.1 Å². The summed E-state index contributed by atoms with van der Waals surface area (Å²) < 4.78 is 0. The van der Waals surface area contributed by atoms with Crippen LogP contribution >= 0.6 is 0 Å². The highest BCUT2D eigenvalue weighted by Crippen LogP contribution is 2.30. The summed E-state index contributed by atoms with van der Waals surface area (Å²) in [5, 5.41) is 0. The number of hydrogen-bond donors (Lipinski definition) is 2. The quantitative estimate of drug-likeness (QED) is 0.160. The average Bonchev–Trinajstić information content (AvgIpc) is 2.69. The van der Waals surface area contributed by atoms with E-state index >= 15 is 0 Å². The molecule has 0 unspecified atom stereocenters. The third-order valence-electron chi connectivity index (χ3n) is 7.21. The first-order valence-electron chi connectivity index (χ1n) is 14.0. The molecule has 0 aliphatic carbocycles. The van der Waals surface area contributed by atoms with Gasteiger partial charge in [0.15, 0.2) is 0 Å². The normalized spacial score (nSPS) is 12.8. The average molecular weight is 440 g/mol. The van der Waals surface area contributed by atoms with Crippen LogP contribution < -0.4 is 11.5 Å². The van der Waals surface area contributed by atoms with E-state index in [2.05, 4.69) is 39.5 Å². The first kappa shape index (κ1) is 30.9. The maximum atomic E-state index is 5.91. The molecular formula is C28H61N3. The van der Waals surface area contributed by atoms with Gasteiger partial charge in [-0.3, -0.25) is 4.90 Å². The fourth-order valence-corrected chi connectivity index (χ4v) is 5.22. The highest BCUT2D eigenvalue weighted by atomic mass is 15.2. The molecular weight excluding hydrogens is 378 g/mol. The van der Waals surface area contributed by atoms with E-state index in [1.165, 1.54) is 109 Å². The van der Waals surface area contributed by atoms with Gasteiger partial charge < -0.3 is 11.5 Å². The van der Waals surface area contributed by atoms with Crippen molar-refractivity contribution < 1.29 is 0 Å². The van der Waals surface area contributed by atoms with E-state index in [0.29, 0.717) is 0 Å². The van der Waals surface area contributed by atoms with Crippen molar-refractivity contribution in [3.05, 3.63) is 0 Å². The maximum absolute atomic E-state index is 5.91. The van der Waals surface area contributed by atoms with Crippen LogP contribution in [0.1, 0.15) is 150 Å². The highest BCUT2D eigenvalue weighted by Gasteiger charge is 2.36. The minimum absolute atomic E-state index is 0.142. The first-order valence-corrected chi connectivity index (χ1v) is 14.0. The molecule has 0 fully saturated rings. The lowest BCUT2D eigenvalue weighted by Crippen LogP contribution is -2.57. The molecule has 0 atom stereocenters. The number of rotatable bonds is 23. The molecule has 188 valence electrons. The van der Waals surface area contributed by atoms with Crippen molar-refractivity contribution in [2.24, 2.45) is 11.5 Å². The summed E-state index contributed by atoms with van der Waals surface area (Å²) in [7, 11) is 0. The second-order valence-electron chi connectivity index (χ2n) is 11.2. The van der Waals surface area contributed by atoms with Crippen molar-refractivity contribution in [3.63, 3.8) is 0 Å². The summed E-state index contributed by atoms with van der Waals surface area (Å²) in [5.41, 5.74) is 12.1. The van der Waals surface area contributed by atoms with Crippen LogP contribution in [-0.4, -0.2) is 35.6 Å². The number of nitrogens with zero attached hydrogens (tertiary/aromatic N) is 1. The molecule has 0 aromatic carbocycles. The van der Waals surface area contributed by atoms with Gasteiger partial charge in [-0.25, -0.2) is 0 Å². The summed E-state index contributed by atoms with van der Waals surface area (Å²) in [6.45, 7) is 14.4. The predicted molar refractivity (Wildman–Crippen MR) is 142 cm³/mol. The zero-order valence-electron chi connectivity index (χ0n) is 22.5. The molecule has 0 saturated carbocycles. The lowest BCUT2D eigenvalue weighted by atomic mass is 9.87. The molecule has 0 spiro atoms. The Labute approximate surface area is 197 Å². The van der Waals surface area contributed by atoms with E-state index in [-0.39, 0.29) is 11.1 Å². The van der Waals surface area contributed by atoms with Gasteiger partial charge >= 0.3 is 0 Å². The minimum atomic E-state index is 0.142. The van der Waals surface area contributed by atoms with Crippen molar-refractivity contribution in [1.82, 2.24) is 4.90 Å². The van der Waals surface area contributed by atoms with Crippen molar-refractivity contribution in [2.75, 3.05) is 19.6 Å². The van der Waals surface area contributed by atoms with Gasteiger partial charge in [0.25, 0.3) is 0 Å². The molecule has 0 bridgehead atoms. The Hall–Kier alpha value is -0.120. The Kier molecular flexibility index (Phi) is 19.3. The molecule has 0 radical (unpaired) electrons. The SMILES string of the molecule is CCCCCCCCCCCCCCCCCCN(C(C)(C)CCN)C(C)(C)CCN. The van der Waals surface area contributed by atoms with Crippen molar-refractivity contribution in [2.45, 2.75) is 161 Å². The van der Waals surface area contributed by atoms with E-state index in [9.17, 15) is 0 Å². The van der Waals surface area contributed by atoms with Gasteiger partial charge in [0.2, 0.25) is 0 Å². The van der Waals surface area contributed by atoms with Crippen LogP contribution in [0.2, 0.25) is 0 Å². The summed E-state index contributed by atoms with van der Waals surface area (Å²) >= 11 is 0. The zero-order chi connectivity index (χ0) is 23.4. The lowest BCUT2D eigenvalue weighted by molar-refractivity contribution is 0.00703. The van der Waals surface area contributed by atoms with Crippen molar-refractivity contribution in [3.8, 4) is 0 Å². The summed E-state index contributed by atoms with van der Waals surface area (Å²) in [4.78, 5) is 2.68. The van der Waals surface area contributed by atoms with Crippen LogP contribution in [0.5, 0.6) is 0 Å². The Bertz CT molecular complexity index is 360. The van der Waals surface area contributed by atoms with Gasteiger partial charge in [-0.05, 0) is 66.6 Å². The van der Waals surface area contributed by atoms with Crippen LogP contribution in [0, 0.1) is 0 Å². The molecule has 4 N–H and O–H groups in total. The lowest BCUT2D eigenvalue weighted by Gasteiger charge is -2.49. The molecule has 31 heavy (non-hydrogen) atoms. The van der Waals surface area contributed by atoms with Crippen molar-refractivity contribution in [1.29, 1.82) is 0 Å². The molecule has 0 rings (SSSR count). The van der Waals surface area contributed by atoms with Gasteiger partial charge in [-0.1, -0.05) is 103 Å². The Morgan fingerprint density at radius 2 is 0.774 bits per heavy atom. The first-order chi connectivity index (χ1) is 14.8.